The third-order valence-corrected chi connectivity index (χ3v) is 3.30. The average Bonchev–Trinajstić information content (AvgIpc) is 2.24. The molecule has 0 saturated heterocycles. The molecule has 0 spiro atoms. The van der Waals surface area contributed by atoms with Crippen LogP contribution in [0.1, 0.15) is 24.5 Å². The lowest BCUT2D eigenvalue weighted by Crippen LogP contribution is -2.50. The predicted molar refractivity (Wildman–Crippen MR) is 68.0 cm³/mol. The summed E-state index contributed by atoms with van der Waals surface area (Å²) >= 11 is 1.57. The first-order chi connectivity index (χ1) is 8.93. The van der Waals surface area contributed by atoms with E-state index >= 15 is 0 Å². The quantitative estimate of drug-likeness (QED) is 0.451. The summed E-state index contributed by atoms with van der Waals surface area (Å²) in [7, 11) is 0. The van der Waals surface area contributed by atoms with Crippen LogP contribution in [0.25, 0.3) is 0 Å². The fourth-order valence-electron chi connectivity index (χ4n) is 1.77. The van der Waals surface area contributed by atoms with Gasteiger partial charge in [0.05, 0.1) is 0 Å². The van der Waals surface area contributed by atoms with Crippen molar-refractivity contribution in [3.63, 3.8) is 0 Å². The van der Waals surface area contributed by atoms with E-state index in [1.807, 2.05) is 0 Å². The van der Waals surface area contributed by atoms with Gasteiger partial charge in [0, 0.05) is 9.13 Å². The molecule has 0 radical (unpaired) electrons. The molecule has 0 bridgehead atoms. The van der Waals surface area contributed by atoms with Crippen LogP contribution in [0.3, 0.4) is 0 Å². The summed E-state index contributed by atoms with van der Waals surface area (Å²) in [6.07, 6.45) is -11.3. The predicted octanol–water partition coefficient (Wildman–Crippen LogP) is 5.53. The molecule has 0 saturated carbocycles. The first kappa shape index (κ1) is 17.5. The van der Waals surface area contributed by atoms with Gasteiger partial charge in [0.25, 0.3) is 0 Å². The Hall–Kier alpha value is -0.540. The summed E-state index contributed by atoms with van der Waals surface area (Å²) in [5.74, 6) is 0. The van der Waals surface area contributed by atoms with Crippen LogP contribution in [-0.2, 0) is 12.1 Å². The Balaban J connectivity index is 3.51. The molecule has 0 atom stereocenters. The first-order valence-electron chi connectivity index (χ1n) is 5.55. The molecular formula is C12H10F7I. The molecule has 1 aromatic rings. The van der Waals surface area contributed by atoms with E-state index in [4.69, 9.17) is 0 Å². The molecular weight excluding hydrogens is 404 g/mol. The standard InChI is InChI=1S/C12H10F7I/c1-2-3-7-4-8(6-9(20)5-7)10(13,11(14,15)16)12(17,18)19/h4-6H,2-3H2,1H3. The second-order valence-electron chi connectivity index (χ2n) is 4.25. The monoisotopic (exact) mass is 414 g/mol. The van der Waals surface area contributed by atoms with E-state index in [0.717, 1.165) is 0 Å². The highest BCUT2D eigenvalue weighted by Crippen LogP contribution is 2.53. The Morgan fingerprint density at radius 3 is 1.80 bits per heavy atom. The molecule has 1 rings (SSSR count). The Morgan fingerprint density at radius 2 is 1.40 bits per heavy atom. The lowest BCUT2D eigenvalue weighted by atomic mass is 9.92. The number of hydrogen-bond acceptors (Lipinski definition) is 0. The van der Waals surface area contributed by atoms with Gasteiger partial charge in [0.15, 0.2) is 0 Å². The molecule has 114 valence electrons. The van der Waals surface area contributed by atoms with Crippen LogP contribution >= 0.6 is 22.6 Å². The summed E-state index contributed by atoms with van der Waals surface area (Å²) in [6.45, 7) is 1.72. The van der Waals surface area contributed by atoms with E-state index in [9.17, 15) is 30.7 Å². The lowest BCUT2D eigenvalue weighted by Gasteiger charge is -2.30. The second-order valence-corrected chi connectivity index (χ2v) is 5.50. The van der Waals surface area contributed by atoms with Crippen LogP contribution in [-0.4, -0.2) is 12.4 Å². The molecule has 0 unspecified atom stereocenters. The highest BCUT2D eigenvalue weighted by molar-refractivity contribution is 14.1. The van der Waals surface area contributed by atoms with Crippen molar-refractivity contribution in [2.24, 2.45) is 0 Å². The molecule has 0 amide bonds. The zero-order chi connectivity index (χ0) is 15.8. The van der Waals surface area contributed by atoms with Crippen molar-refractivity contribution in [2.45, 2.75) is 37.8 Å². The van der Waals surface area contributed by atoms with Gasteiger partial charge in [0.2, 0.25) is 0 Å². The smallest absolute Gasteiger partial charge is 0.218 e. The maximum Gasteiger partial charge on any atom is 0.435 e. The van der Waals surface area contributed by atoms with E-state index < -0.39 is 23.6 Å². The molecule has 20 heavy (non-hydrogen) atoms. The SMILES string of the molecule is CCCc1cc(I)cc(C(F)(C(F)(F)F)C(F)(F)F)c1. The fourth-order valence-corrected chi connectivity index (χ4v) is 2.51. The van der Waals surface area contributed by atoms with Gasteiger partial charge < -0.3 is 0 Å². The molecule has 0 heterocycles. The third-order valence-electron chi connectivity index (χ3n) is 2.68. The van der Waals surface area contributed by atoms with Gasteiger partial charge in [-0.15, -0.1) is 0 Å². The number of hydrogen-bond donors (Lipinski definition) is 0. The summed E-state index contributed by atoms with van der Waals surface area (Å²) in [5.41, 5.74) is -6.54. The topological polar surface area (TPSA) is 0 Å². The summed E-state index contributed by atoms with van der Waals surface area (Å²) in [4.78, 5) is 0. The first-order valence-corrected chi connectivity index (χ1v) is 6.63. The highest BCUT2D eigenvalue weighted by atomic mass is 127. The van der Waals surface area contributed by atoms with Gasteiger partial charge >= 0.3 is 18.0 Å². The van der Waals surface area contributed by atoms with Crippen molar-refractivity contribution in [1.29, 1.82) is 0 Å². The van der Waals surface area contributed by atoms with Crippen LogP contribution in [0.2, 0.25) is 0 Å². The van der Waals surface area contributed by atoms with Crippen LogP contribution in [0.15, 0.2) is 18.2 Å². The number of benzene rings is 1. The normalized spacial score (nSPS) is 13.7. The van der Waals surface area contributed by atoms with E-state index in [1.165, 1.54) is 6.07 Å². The molecule has 1 aromatic carbocycles. The Bertz CT molecular complexity index is 462. The van der Waals surface area contributed by atoms with E-state index in [1.54, 1.807) is 29.5 Å². The molecule has 8 heteroatoms. The zero-order valence-electron chi connectivity index (χ0n) is 10.2. The van der Waals surface area contributed by atoms with Gasteiger partial charge in [-0.05, 0) is 46.7 Å². The Morgan fingerprint density at radius 1 is 0.900 bits per heavy atom. The Labute approximate surface area is 124 Å². The van der Waals surface area contributed by atoms with Crippen molar-refractivity contribution in [3.8, 4) is 0 Å². The van der Waals surface area contributed by atoms with Crippen molar-refractivity contribution < 1.29 is 30.7 Å². The van der Waals surface area contributed by atoms with Gasteiger partial charge in [-0.25, -0.2) is 4.39 Å². The molecule has 0 fully saturated rings. The van der Waals surface area contributed by atoms with E-state index in [2.05, 4.69) is 0 Å². The number of alkyl halides is 7. The molecule has 0 aliphatic carbocycles. The fraction of sp³-hybridized carbons (Fsp3) is 0.500. The van der Waals surface area contributed by atoms with Gasteiger partial charge in [0.1, 0.15) is 0 Å². The van der Waals surface area contributed by atoms with Crippen molar-refractivity contribution in [2.75, 3.05) is 0 Å². The Kier molecular flexibility index (Phi) is 4.98. The molecule has 0 N–H and O–H groups in total. The maximum atomic E-state index is 13.9. The van der Waals surface area contributed by atoms with Crippen LogP contribution in [0.5, 0.6) is 0 Å². The van der Waals surface area contributed by atoms with Gasteiger partial charge in [-0.3, -0.25) is 0 Å². The van der Waals surface area contributed by atoms with Crippen molar-refractivity contribution in [3.05, 3.63) is 32.9 Å². The number of rotatable bonds is 3. The van der Waals surface area contributed by atoms with Gasteiger partial charge in [-0.2, -0.15) is 26.3 Å². The van der Waals surface area contributed by atoms with Crippen LogP contribution in [0.4, 0.5) is 30.7 Å². The highest BCUT2D eigenvalue weighted by Gasteiger charge is 2.73. The van der Waals surface area contributed by atoms with E-state index in [-0.39, 0.29) is 15.6 Å². The summed E-state index contributed by atoms with van der Waals surface area (Å²) < 4.78 is 89.8. The lowest BCUT2D eigenvalue weighted by molar-refractivity contribution is -0.348. The summed E-state index contributed by atoms with van der Waals surface area (Å²) in [5, 5.41) is 0. The number of halogens is 8. The van der Waals surface area contributed by atoms with Crippen molar-refractivity contribution >= 4 is 22.6 Å². The largest absolute Gasteiger partial charge is 0.435 e. The second kappa shape index (κ2) is 5.69. The minimum absolute atomic E-state index is 0.124. The minimum atomic E-state index is -6.07. The third kappa shape index (κ3) is 3.20. The molecule has 0 aliphatic heterocycles. The molecule has 0 aliphatic rings. The minimum Gasteiger partial charge on any atom is -0.218 e. The number of aryl methyl sites for hydroxylation is 1. The summed E-state index contributed by atoms with van der Waals surface area (Å²) in [6, 6.07) is 2.63. The zero-order valence-corrected chi connectivity index (χ0v) is 12.3. The molecule has 0 aromatic heterocycles. The van der Waals surface area contributed by atoms with Crippen molar-refractivity contribution in [1.82, 2.24) is 0 Å². The van der Waals surface area contributed by atoms with Crippen LogP contribution in [0, 0.1) is 3.57 Å². The maximum absolute atomic E-state index is 13.9. The average molecular weight is 414 g/mol. The van der Waals surface area contributed by atoms with E-state index in [0.29, 0.717) is 18.6 Å². The van der Waals surface area contributed by atoms with Gasteiger partial charge in [-0.1, -0.05) is 19.4 Å². The van der Waals surface area contributed by atoms with Crippen LogP contribution < -0.4 is 0 Å². The molecule has 0 nitrogen and oxygen atoms in total.